The summed E-state index contributed by atoms with van der Waals surface area (Å²) in [6.45, 7) is 2.80. The second kappa shape index (κ2) is 5.36. The molecule has 1 rings (SSSR count). The molecule has 0 bridgehead atoms. The van der Waals surface area contributed by atoms with Crippen LogP contribution in [0.25, 0.3) is 0 Å². The first-order chi connectivity index (χ1) is 7.17. The van der Waals surface area contributed by atoms with Gasteiger partial charge in [0.1, 0.15) is 5.75 Å². The second-order valence-corrected chi connectivity index (χ2v) is 3.15. The molecule has 0 heterocycles. The van der Waals surface area contributed by atoms with Gasteiger partial charge in [-0.3, -0.25) is 4.79 Å². The number of carbonyl (C=O) groups is 1. The second-order valence-electron chi connectivity index (χ2n) is 3.15. The number of hydrogen-bond acceptors (Lipinski definition) is 3. The van der Waals surface area contributed by atoms with Crippen LogP contribution in [0.2, 0.25) is 0 Å². The SMILES string of the molecule is CCOc1cc(CN)ccc1CC(=O)O. The van der Waals surface area contributed by atoms with E-state index in [2.05, 4.69) is 0 Å². The van der Waals surface area contributed by atoms with Gasteiger partial charge >= 0.3 is 5.97 Å². The summed E-state index contributed by atoms with van der Waals surface area (Å²) >= 11 is 0. The highest BCUT2D eigenvalue weighted by atomic mass is 16.5. The summed E-state index contributed by atoms with van der Waals surface area (Å²) in [5.41, 5.74) is 7.11. The summed E-state index contributed by atoms with van der Waals surface area (Å²) in [6, 6.07) is 5.36. The molecule has 3 N–H and O–H groups in total. The Morgan fingerprint density at radius 3 is 2.80 bits per heavy atom. The molecule has 1 aromatic carbocycles. The highest BCUT2D eigenvalue weighted by Gasteiger charge is 2.08. The number of rotatable bonds is 5. The molecule has 0 aliphatic heterocycles. The molecule has 0 fully saturated rings. The molecule has 1 aromatic rings. The zero-order valence-electron chi connectivity index (χ0n) is 8.69. The Hall–Kier alpha value is -1.55. The molecule has 0 amide bonds. The number of nitrogens with two attached hydrogens (primary N) is 1. The topological polar surface area (TPSA) is 72.5 Å². The Labute approximate surface area is 88.7 Å². The van der Waals surface area contributed by atoms with Gasteiger partial charge in [-0.2, -0.15) is 0 Å². The average Bonchev–Trinajstić information content (AvgIpc) is 2.20. The molecule has 0 aliphatic rings. The van der Waals surface area contributed by atoms with Crippen molar-refractivity contribution in [3.05, 3.63) is 29.3 Å². The van der Waals surface area contributed by atoms with E-state index in [-0.39, 0.29) is 6.42 Å². The summed E-state index contributed by atoms with van der Waals surface area (Å²) < 4.78 is 5.36. The van der Waals surface area contributed by atoms with Crippen molar-refractivity contribution in [1.82, 2.24) is 0 Å². The lowest BCUT2D eigenvalue weighted by molar-refractivity contribution is -0.136. The van der Waals surface area contributed by atoms with Crippen molar-refractivity contribution in [3.63, 3.8) is 0 Å². The van der Waals surface area contributed by atoms with Crippen molar-refractivity contribution in [2.75, 3.05) is 6.61 Å². The van der Waals surface area contributed by atoms with Gasteiger partial charge in [-0.05, 0) is 18.6 Å². The molecule has 0 aliphatic carbocycles. The Morgan fingerprint density at radius 2 is 2.27 bits per heavy atom. The van der Waals surface area contributed by atoms with E-state index in [9.17, 15) is 4.79 Å². The van der Waals surface area contributed by atoms with Crippen LogP contribution in [0.1, 0.15) is 18.1 Å². The van der Waals surface area contributed by atoms with Gasteiger partial charge in [-0.15, -0.1) is 0 Å². The van der Waals surface area contributed by atoms with E-state index in [1.165, 1.54) is 0 Å². The lowest BCUT2D eigenvalue weighted by Crippen LogP contribution is -2.05. The van der Waals surface area contributed by atoms with Crippen molar-refractivity contribution < 1.29 is 14.6 Å². The summed E-state index contributed by atoms with van der Waals surface area (Å²) in [5.74, 6) is -0.251. The van der Waals surface area contributed by atoms with E-state index in [1.54, 1.807) is 12.1 Å². The Bertz CT molecular complexity index is 350. The van der Waals surface area contributed by atoms with Crippen molar-refractivity contribution in [2.24, 2.45) is 5.73 Å². The molecule has 4 heteroatoms. The Morgan fingerprint density at radius 1 is 1.53 bits per heavy atom. The summed E-state index contributed by atoms with van der Waals surface area (Å²) in [7, 11) is 0. The van der Waals surface area contributed by atoms with Crippen LogP contribution in [0.4, 0.5) is 0 Å². The van der Waals surface area contributed by atoms with Crippen LogP contribution in [0, 0.1) is 0 Å². The number of benzene rings is 1. The minimum atomic E-state index is -0.864. The first kappa shape index (κ1) is 11.5. The van der Waals surface area contributed by atoms with Crippen LogP contribution in [-0.2, 0) is 17.8 Å². The number of ether oxygens (including phenoxy) is 1. The van der Waals surface area contributed by atoms with E-state index in [0.717, 1.165) is 5.56 Å². The van der Waals surface area contributed by atoms with Crippen LogP contribution in [0.3, 0.4) is 0 Å². The fourth-order valence-electron chi connectivity index (χ4n) is 1.32. The number of aliphatic carboxylic acids is 1. The fraction of sp³-hybridized carbons (Fsp3) is 0.364. The van der Waals surface area contributed by atoms with Crippen LogP contribution >= 0.6 is 0 Å². The van der Waals surface area contributed by atoms with E-state index in [4.69, 9.17) is 15.6 Å². The van der Waals surface area contributed by atoms with Gasteiger partial charge in [0.05, 0.1) is 13.0 Å². The van der Waals surface area contributed by atoms with E-state index >= 15 is 0 Å². The van der Waals surface area contributed by atoms with E-state index in [0.29, 0.717) is 24.5 Å². The Balaban J connectivity index is 2.97. The van der Waals surface area contributed by atoms with Gasteiger partial charge in [-0.25, -0.2) is 0 Å². The predicted molar refractivity (Wildman–Crippen MR) is 56.8 cm³/mol. The predicted octanol–water partition coefficient (Wildman–Crippen LogP) is 1.17. The third kappa shape index (κ3) is 3.25. The smallest absolute Gasteiger partial charge is 0.307 e. The molecule has 0 spiro atoms. The van der Waals surface area contributed by atoms with Crippen molar-refractivity contribution in [1.29, 1.82) is 0 Å². The van der Waals surface area contributed by atoms with Crippen LogP contribution < -0.4 is 10.5 Å². The molecule has 0 unspecified atom stereocenters. The number of carboxylic acid groups (broad SMARTS) is 1. The molecular weight excluding hydrogens is 194 g/mol. The highest BCUT2D eigenvalue weighted by Crippen LogP contribution is 2.21. The van der Waals surface area contributed by atoms with Gasteiger partial charge in [0.15, 0.2) is 0 Å². The monoisotopic (exact) mass is 209 g/mol. The quantitative estimate of drug-likeness (QED) is 0.763. The third-order valence-corrected chi connectivity index (χ3v) is 2.01. The normalized spacial score (nSPS) is 10.0. The fourth-order valence-corrected chi connectivity index (χ4v) is 1.32. The molecule has 0 atom stereocenters. The summed E-state index contributed by atoms with van der Waals surface area (Å²) in [6.07, 6.45) is -0.0276. The standard InChI is InChI=1S/C11H15NO3/c1-2-15-10-5-8(7-12)3-4-9(10)6-11(13)14/h3-5H,2,6-7,12H2,1H3,(H,13,14). The molecule has 0 aromatic heterocycles. The van der Waals surface area contributed by atoms with Gasteiger partial charge in [-0.1, -0.05) is 12.1 Å². The van der Waals surface area contributed by atoms with Gasteiger partial charge in [0.2, 0.25) is 0 Å². The number of hydrogen-bond donors (Lipinski definition) is 2. The van der Waals surface area contributed by atoms with Crippen molar-refractivity contribution >= 4 is 5.97 Å². The molecule has 4 nitrogen and oxygen atoms in total. The summed E-state index contributed by atoms with van der Waals surface area (Å²) in [4.78, 5) is 10.6. The zero-order chi connectivity index (χ0) is 11.3. The first-order valence-corrected chi connectivity index (χ1v) is 4.83. The van der Waals surface area contributed by atoms with Crippen LogP contribution in [0.15, 0.2) is 18.2 Å². The van der Waals surface area contributed by atoms with Crippen molar-refractivity contribution in [2.45, 2.75) is 19.9 Å². The Kier molecular flexibility index (Phi) is 4.12. The minimum Gasteiger partial charge on any atom is -0.494 e. The van der Waals surface area contributed by atoms with E-state index < -0.39 is 5.97 Å². The van der Waals surface area contributed by atoms with Gasteiger partial charge in [0.25, 0.3) is 0 Å². The van der Waals surface area contributed by atoms with Gasteiger partial charge in [0, 0.05) is 12.1 Å². The third-order valence-electron chi connectivity index (χ3n) is 2.01. The van der Waals surface area contributed by atoms with Gasteiger partial charge < -0.3 is 15.6 Å². The highest BCUT2D eigenvalue weighted by molar-refractivity contribution is 5.71. The maximum absolute atomic E-state index is 10.6. The molecule has 0 saturated heterocycles. The lowest BCUT2D eigenvalue weighted by Gasteiger charge is -2.10. The molecule has 0 radical (unpaired) electrons. The van der Waals surface area contributed by atoms with Crippen molar-refractivity contribution in [3.8, 4) is 5.75 Å². The molecule has 0 saturated carbocycles. The minimum absolute atomic E-state index is 0.0276. The first-order valence-electron chi connectivity index (χ1n) is 4.83. The van der Waals surface area contributed by atoms with Crippen LogP contribution in [-0.4, -0.2) is 17.7 Å². The van der Waals surface area contributed by atoms with E-state index in [1.807, 2.05) is 13.0 Å². The largest absolute Gasteiger partial charge is 0.494 e. The molecule has 82 valence electrons. The van der Waals surface area contributed by atoms with Crippen LogP contribution in [0.5, 0.6) is 5.75 Å². The molecular formula is C11H15NO3. The number of carboxylic acids is 1. The zero-order valence-corrected chi connectivity index (χ0v) is 8.69. The molecule has 15 heavy (non-hydrogen) atoms. The maximum Gasteiger partial charge on any atom is 0.307 e. The lowest BCUT2D eigenvalue weighted by atomic mass is 10.1. The summed E-state index contributed by atoms with van der Waals surface area (Å²) in [5, 5.41) is 8.71. The maximum atomic E-state index is 10.6. The average molecular weight is 209 g/mol.